The van der Waals surface area contributed by atoms with Gasteiger partial charge in [0.15, 0.2) is 5.70 Å². The molecule has 0 spiro atoms. The second-order valence-electron chi connectivity index (χ2n) is 4.71. The predicted octanol–water partition coefficient (Wildman–Crippen LogP) is 4.46. The van der Waals surface area contributed by atoms with E-state index in [1.807, 2.05) is 12.1 Å². The molecule has 1 heterocycles. The first kappa shape index (κ1) is 15.8. The normalized spacial score (nSPS) is 15.5. The Bertz CT molecular complexity index is 845. The summed E-state index contributed by atoms with van der Waals surface area (Å²) in [5, 5.41) is 0.545. The van der Waals surface area contributed by atoms with Gasteiger partial charge >= 0.3 is 5.97 Å². The molecular weight excluding hydrogens is 382 g/mol. The Labute approximate surface area is 146 Å². The van der Waals surface area contributed by atoms with Gasteiger partial charge in [-0.1, -0.05) is 29.8 Å². The largest absolute Gasteiger partial charge is 0.496 e. The van der Waals surface area contributed by atoms with E-state index in [-0.39, 0.29) is 11.6 Å². The number of hydrogen-bond donors (Lipinski definition) is 0. The minimum absolute atomic E-state index is 0.208. The fraction of sp³-hybridized carbons (Fsp3) is 0.0588. The zero-order valence-electron chi connectivity index (χ0n) is 12.0. The lowest BCUT2D eigenvalue weighted by atomic mass is 10.2. The van der Waals surface area contributed by atoms with Crippen LogP contribution in [0.25, 0.3) is 6.08 Å². The third-order valence-electron chi connectivity index (χ3n) is 3.22. The molecule has 0 aliphatic carbocycles. The van der Waals surface area contributed by atoms with Crippen LogP contribution in [0.3, 0.4) is 0 Å². The Kier molecular flexibility index (Phi) is 4.50. The van der Waals surface area contributed by atoms with Crippen molar-refractivity contribution in [2.24, 2.45) is 4.99 Å². The van der Waals surface area contributed by atoms with Crippen LogP contribution in [-0.4, -0.2) is 19.0 Å². The van der Waals surface area contributed by atoms with Gasteiger partial charge in [0.25, 0.3) is 0 Å². The van der Waals surface area contributed by atoms with Gasteiger partial charge in [0.05, 0.1) is 11.6 Å². The first-order valence-corrected chi connectivity index (χ1v) is 7.86. The zero-order chi connectivity index (χ0) is 16.4. The van der Waals surface area contributed by atoms with Crippen molar-refractivity contribution in [1.29, 1.82) is 0 Å². The second kappa shape index (κ2) is 6.56. The van der Waals surface area contributed by atoms with Gasteiger partial charge in [-0.3, -0.25) is 0 Å². The number of benzene rings is 2. The number of aliphatic imine (C=N–C) groups is 1. The molecule has 0 saturated heterocycles. The fourth-order valence-electron chi connectivity index (χ4n) is 2.07. The summed E-state index contributed by atoms with van der Waals surface area (Å²) in [6, 6.07) is 12.5. The highest BCUT2D eigenvalue weighted by molar-refractivity contribution is 9.10. The fourth-order valence-corrected chi connectivity index (χ4v) is 2.80. The van der Waals surface area contributed by atoms with Crippen LogP contribution < -0.4 is 4.74 Å². The average Bonchev–Trinajstić information content (AvgIpc) is 2.90. The molecule has 4 nitrogen and oxygen atoms in total. The maximum atomic E-state index is 12.0. The van der Waals surface area contributed by atoms with Gasteiger partial charge in [-0.05, 0) is 51.8 Å². The van der Waals surface area contributed by atoms with E-state index in [4.69, 9.17) is 21.1 Å². The first-order valence-electron chi connectivity index (χ1n) is 6.69. The van der Waals surface area contributed by atoms with E-state index in [1.54, 1.807) is 43.5 Å². The van der Waals surface area contributed by atoms with Crippen molar-refractivity contribution in [3.8, 4) is 5.75 Å². The lowest BCUT2D eigenvalue weighted by Gasteiger charge is -2.05. The van der Waals surface area contributed by atoms with E-state index in [9.17, 15) is 4.79 Å². The SMILES string of the molecule is COc1ccc(C2=N/C(=C\c3ccccc3Cl)C(=O)O2)cc1Br. The van der Waals surface area contributed by atoms with Gasteiger partial charge in [-0.2, -0.15) is 0 Å². The molecule has 116 valence electrons. The maximum absolute atomic E-state index is 12.0. The maximum Gasteiger partial charge on any atom is 0.363 e. The lowest BCUT2D eigenvalue weighted by molar-refractivity contribution is -0.129. The summed E-state index contributed by atoms with van der Waals surface area (Å²) < 4.78 is 11.2. The highest BCUT2D eigenvalue weighted by Crippen LogP contribution is 2.28. The number of ether oxygens (including phenoxy) is 2. The number of methoxy groups -OCH3 is 1. The number of nitrogens with zero attached hydrogens (tertiary/aromatic N) is 1. The molecule has 0 aromatic heterocycles. The van der Waals surface area contributed by atoms with Crippen LogP contribution in [0, 0.1) is 0 Å². The van der Waals surface area contributed by atoms with E-state index in [1.165, 1.54) is 0 Å². The molecule has 0 atom stereocenters. The van der Waals surface area contributed by atoms with Gasteiger partial charge < -0.3 is 9.47 Å². The Balaban J connectivity index is 1.96. The number of carbonyl (C=O) groups excluding carboxylic acids is 1. The number of hydrogen-bond acceptors (Lipinski definition) is 4. The Morgan fingerprint density at radius 2 is 2.04 bits per heavy atom. The number of halogens is 2. The molecule has 0 radical (unpaired) electrons. The van der Waals surface area contributed by atoms with Crippen LogP contribution in [0.1, 0.15) is 11.1 Å². The van der Waals surface area contributed by atoms with Gasteiger partial charge in [0.2, 0.25) is 5.90 Å². The molecule has 3 rings (SSSR count). The van der Waals surface area contributed by atoms with Crippen molar-refractivity contribution >= 4 is 45.5 Å². The van der Waals surface area contributed by atoms with Crippen molar-refractivity contribution in [3.05, 3.63) is 68.8 Å². The van der Waals surface area contributed by atoms with Crippen molar-refractivity contribution in [2.45, 2.75) is 0 Å². The number of esters is 1. The third kappa shape index (κ3) is 3.30. The molecule has 1 aliphatic heterocycles. The summed E-state index contributed by atoms with van der Waals surface area (Å²) in [5.74, 6) is 0.425. The van der Waals surface area contributed by atoms with Crippen molar-refractivity contribution in [1.82, 2.24) is 0 Å². The van der Waals surface area contributed by atoms with E-state index >= 15 is 0 Å². The molecular formula is C17H11BrClNO3. The summed E-state index contributed by atoms with van der Waals surface area (Å²) >= 11 is 9.49. The summed E-state index contributed by atoms with van der Waals surface area (Å²) in [4.78, 5) is 16.3. The van der Waals surface area contributed by atoms with Crippen LogP contribution in [0.4, 0.5) is 0 Å². The number of carbonyl (C=O) groups is 1. The topological polar surface area (TPSA) is 47.9 Å². The first-order chi connectivity index (χ1) is 11.1. The molecule has 0 bridgehead atoms. The highest BCUT2D eigenvalue weighted by atomic mass is 79.9. The van der Waals surface area contributed by atoms with E-state index < -0.39 is 5.97 Å². The van der Waals surface area contributed by atoms with E-state index in [2.05, 4.69) is 20.9 Å². The van der Waals surface area contributed by atoms with Crippen LogP contribution in [0.5, 0.6) is 5.75 Å². The number of cyclic esters (lactones) is 1. The Morgan fingerprint density at radius 3 is 2.74 bits per heavy atom. The van der Waals surface area contributed by atoms with Crippen molar-refractivity contribution < 1.29 is 14.3 Å². The highest BCUT2D eigenvalue weighted by Gasteiger charge is 2.24. The predicted molar refractivity (Wildman–Crippen MR) is 92.8 cm³/mol. The molecule has 6 heteroatoms. The molecule has 0 fully saturated rings. The van der Waals surface area contributed by atoms with Gasteiger partial charge in [-0.15, -0.1) is 0 Å². The van der Waals surface area contributed by atoms with Crippen molar-refractivity contribution in [2.75, 3.05) is 7.11 Å². The Hall–Kier alpha value is -2.11. The minimum atomic E-state index is -0.508. The monoisotopic (exact) mass is 391 g/mol. The molecule has 2 aromatic carbocycles. The summed E-state index contributed by atoms with van der Waals surface area (Å²) in [7, 11) is 1.58. The summed E-state index contributed by atoms with van der Waals surface area (Å²) in [6.45, 7) is 0. The molecule has 0 amide bonds. The van der Waals surface area contributed by atoms with E-state index in [0.717, 1.165) is 4.47 Å². The molecule has 23 heavy (non-hydrogen) atoms. The molecule has 1 aliphatic rings. The van der Waals surface area contributed by atoms with Gasteiger partial charge in [-0.25, -0.2) is 9.79 Å². The molecule has 2 aromatic rings. The third-order valence-corrected chi connectivity index (χ3v) is 4.18. The minimum Gasteiger partial charge on any atom is -0.496 e. The molecule has 0 N–H and O–H groups in total. The average molecular weight is 393 g/mol. The standard InChI is InChI=1S/C17H11BrClNO3/c1-22-15-7-6-11(8-12(15)18)16-20-14(17(21)23-16)9-10-4-2-3-5-13(10)19/h2-9H,1H3/b14-9-. The second-order valence-corrected chi connectivity index (χ2v) is 5.97. The van der Waals surface area contributed by atoms with Crippen LogP contribution in [0.15, 0.2) is 57.6 Å². The molecule has 0 saturated carbocycles. The van der Waals surface area contributed by atoms with E-state index in [0.29, 0.717) is 21.9 Å². The van der Waals surface area contributed by atoms with Crippen molar-refractivity contribution in [3.63, 3.8) is 0 Å². The lowest BCUT2D eigenvalue weighted by Crippen LogP contribution is -2.05. The number of rotatable bonds is 3. The Morgan fingerprint density at radius 1 is 1.26 bits per heavy atom. The summed E-state index contributed by atoms with van der Waals surface area (Å²) in [5.41, 5.74) is 1.59. The smallest absolute Gasteiger partial charge is 0.363 e. The summed E-state index contributed by atoms with van der Waals surface area (Å²) in [6.07, 6.45) is 1.61. The quantitative estimate of drug-likeness (QED) is 0.572. The zero-order valence-corrected chi connectivity index (χ0v) is 14.4. The van der Waals surface area contributed by atoms with Crippen LogP contribution in [0.2, 0.25) is 5.02 Å². The molecule has 0 unspecified atom stereocenters. The van der Waals surface area contributed by atoms with Gasteiger partial charge in [0.1, 0.15) is 5.75 Å². The van der Waals surface area contributed by atoms with Crippen LogP contribution in [-0.2, 0) is 9.53 Å². The van der Waals surface area contributed by atoms with Gasteiger partial charge in [0, 0.05) is 10.6 Å². The van der Waals surface area contributed by atoms with Crippen LogP contribution >= 0.6 is 27.5 Å².